The molecule has 1 aliphatic heterocycles. The third-order valence-electron chi connectivity index (χ3n) is 5.79. The number of hydrogen-bond donors (Lipinski definition) is 2. The van der Waals surface area contributed by atoms with E-state index in [0.29, 0.717) is 14.9 Å². The van der Waals surface area contributed by atoms with Crippen LogP contribution in [0.25, 0.3) is 5.69 Å². The van der Waals surface area contributed by atoms with Crippen molar-refractivity contribution in [3.8, 4) is 5.69 Å². The quantitative estimate of drug-likeness (QED) is 0.420. The molecule has 2 amide bonds. The van der Waals surface area contributed by atoms with Crippen molar-refractivity contribution in [3.05, 3.63) is 80.1 Å². The van der Waals surface area contributed by atoms with Gasteiger partial charge in [-0.2, -0.15) is 0 Å². The zero-order valence-electron chi connectivity index (χ0n) is 19.8. The number of nitrogens with one attached hydrogen (secondary N) is 2. The molecule has 3 heterocycles. The van der Waals surface area contributed by atoms with E-state index in [0.717, 1.165) is 17.4 Å². The highest BCUT2D eigenvalue weighted by Gasteiger charge is 2.39. The van der Waals surface area contributed by atoms with Crippen molar-refractivity contribution >= 4 is 46.4 Å². The molecule has 0 spiro atoms. The Labute approximate surface area is 220 Å². The lowest BCUT2D eigenvalue weighted by molar-refractivity contribution is -0.144. The van der Waals surface area contributed by atoms with Gasteiger partial charge >= 0.3 is 5.97 Å². The molecular formula is C25H24ClFN4O5S. The maximum Gasteiger partial charge on any atom is 0.320 e. The van der Waals surface area contributed by atoms with Crippen LogP contribution < -0.4 is 16.2 Å². The van der Waals surface area contributed by atoms with Crippen molar-refractivity contribution in [1.82, 2.24) is 14.8 Å². The Bertz CT molecular complexity index is 1380. The predicted molar refractivity (Wildman–Crippen MR) is 138 cm³/mol. The molecule has 0 aliphatic carbocycles. The van der Waals surface area contributed by atoms with Gasteiger partial charge in [0.05, 0.1) is 39.8 Å². The third-order valence-corrected chi connectivity index (χ3v) is 7.02. The average Bonchev–Trinajstić information content (AvgIpc) is 3.47. The van der Waals surface area contributed by atoms with Gasteiger partial charge in [-0.25, -0.2) is 4.39 Å². The Morgan fingerprint density at radius 3 is 2.68 bits per heavy atom. The first-order valence-corrected chi connectivity index (χ1v) is 12.7. The van der Waals surface area contributed by atoms with Crippen LogP contribution in [0.1, 0.15) is 23.0 Å². The van der Waals surface area contributed by atoms with Gasteiger partial charge in [0.2, 0.25) is 5.91 Å². The fourth-order valence-electron chi connectivity index (χ4n) is 4.13. The molecule has 1 unspecified atom stereocenters. The van der Waals surface area contributed by atoms with Gasteiger partial charge in [-0.15, -0.1) is 11.3 Å². The molecular weight excluding hydrogens is 523 g/mol. The summed E-state index contributed by atoms with van der Waals surface area (Å²) in [6, 6.07) is 10.6. The number of benzene rings is 1. The summed E-state index contributed by atoms with van der Waals surface area (Å²) >= 11 is 7.05. The first-order valence-electron chi connectivity index (χ1n) is 11.5. The second kappa shape index (κ2) is 11.7. The fourth-order valence-corrected chi connectivity index (χ4v) is 5.08. The molecule has 1 fully saturated rings. The largest absolute Gasteiger partial charge is 0.465 e. The molecule has 9 nitrogen and oxygen atoms in total. The number of pyridine rings is 1. The highest BCUT2D eigenvalue weighted by Crippen LogP contribution is 2.25. The van der Waals surface area contributed by atoms with Crippen LogP contribution in [0.4, 0.5) is 10.1 Å². The second-order valence-corrected chi connectivity index (χ2v) is 10.0. The van der Waals surface area contributed by atoms with E-state index in [2.05, 4.69) is 10.6 Å². The van der Waals surface area contributed by atoms with Gasteiger partial charge in [-0.1, -0.05) is 17.7 Å². The van der Waals surface area contributed by atoms with Gasteiger partial charge in [0.15, 0.2) is 0 Å². The smallest absolute Gasteiger partial charge is 0.320 e. The number of rotatable bonds is 8. The molecule has 12 heteroatoms. The summed E-state index contributed by atoms with van der Waals surface area (Å²) in [5.74, 6) is -2.11. The molecule has 0 radical (unpaired) electrons. The van der Waals surface area contributed by atoms with Crippen LogP contribution in [0.2, 0.25) is 4.34 Å². The lowest BCUT2D eigenvalue weighted by Gasteiger charge is -2.22. The Morgan fingerprint density at radius 2 is 2.00 bits per heavy atom. The monoisotopic (exact) mass is 546 g/mol. The summed E-state index contributed by atoms with van der Waals surface area (Å²) in [5, 5.41) is 5.43. The van der Waals surface area contributed by atoms with Crippen LogP contribution in [0, 0.1) is 5.82 Å². The van der Waals surface area contributed by atoms with E-state index in [1.165, 1.54) is 29.0 Å². The maximum atomic E-state index is 14.9. The van der Waals surface area contributed by atoms with Crippen molar-refractivity contribution < 1.29 is 23.5 Å². The number of nitrogens with zero attached hydrogens (tertiary/aromatic N) is 2. The first kappa shape index (κ1) is 26.5. The van der Waals surface area contributed by atoms with Crippen LogP contribution in [0.5, 0.6) is 0 Å². The molecule has 194 valence electrons. The Balaban J connectivity index is 1.48. The van der Waals surface area contributed by atoms with Crippen molar-refractivity contribution in [2.24, 2.45) is 0 Å². The molecule has 37 heavy (non-hydrogen) atoms. The molecule has 2 N–H and O–H groups in total. The first-order chi connectivity index (χ1) is 17.7. The predicted octanol–water partition coefficient (Wildman–Crippen LogP) is 3.07. The lowest BCUT2D eigenvalue weighted by Crippen LogP contribution is -2.43. The van der Waals surface area contributed by atoms with Crippen molar-refractivity contribution in [3.63, 3.8) is 0 Å². The van der Waals surface area contributed by atoms with Crippen LogP contribution in [0.3, 0.4) is 0 Å². The number of carbonyl (C=O) groups excluding carboxylic acids is 3. The molecule has 1 saturated heterocycles. The Kier molecular flexibility index (Phi) is 8.37. The minimum absolute atomic E-state index is 0.0745. The van der Waals surface area contributed by atoms with Gasteiger partial charge in [0.1, 0.15) is 5.82 Å². The van der Waals surface area contributed by atoms with E-state index in [4.69, 9.17) is 16.3 Å². The maximum absolute atomic E-state index is 14.9. The van der Waals surface area contributed by atoms with E-state index >= 15 is 0 Å². The minimum Gasteiger partial charge on any atom is -0.465 e. The zero-order chi connectivity index (χ0) is 26.5. The Morgan fingerprint density at radius 1 is 1.19 bits per heavy atom. The number of aromatic nitrogens is 1. The van der Waals surface area contributed by atoms with Crippen molar-refractivity contribution in [1.29, 1.82) is 0 Å². The zero-order valence-corrected chi connectivity index (χ0v) is 21.4. The van der Waals surface area contributed by atoms with Gasteiger partial charge in [-0.3, -0.25) is 28.6 Å². The number of thiophene rings is 1. The van der Waals surface area contributed by atoms with E-state index in [-0.39, 0.29) is 43.3 Å². The molecule has 3 aromatic rings. The molecule has 4 rings (SSSR count). The lowest BCUT2D eigenvalue weighted by atomic mass is 10.1. The summed E-state index contributed by atoms with van der Waals surface area (Å²) in [5.41, 5.74) is -0.0888. The van der Waals surface area contributed by atoms with E-state index in [1.54, 1.807) is 36.1 Å². The molecule has 2 atom stereocenters. The summed E-state index contributed by atoms with van der Waals surface area (Å²) < 4.78 is 21.7. The normalized spacial score (nSPS) is 17.4. The van der Waals surface area contributed by atoms with E-state index < -0.39 is 29.8 Å². The molecule has 1 aliphatic rings. The number of halogens is 2. The number of hydrogen-bond acceptors (Lipinski definition) is 7. The summed E-state index contributed by atoms with van der Waals surface area (Å²) in [6.07, 6.45) is 1.72. The van der Waals surface area contributed by atoms with Crippen molar-refractivity contribution in [2.75, 3.05) is 25.0 Å². The number of ether oxygens (including phenoxy) is 1. The molecule has 1 aromatic carbocycles. The summed E-state index contributed by atoms with van der Waals surface area (Å²) in [6.45, 7) is 1.92. The summed E-state index contributed by atoms with van der Waals surface area (Å²) in [4.78, 5) is 52.0. The highest BCUT2D eigenvalue weighted by molar-refractivity contribution is 7.18. The topological polar surface area (TPSA) is 110 Å². The van der Waals surface area contributed by atoms with Crippen LogP contribution in [0.15, 0.2) is 59.5 Å². The van der Waals surface area contributed by atoms with Gasteiger partial charge in [0.25, 0.3) is 11.5 Å². The highest BCUT2D eigenvalue weighted by atomic mass is 35.5. The van der Waals surface area contributed by atoms with Gasteiger partial charge in [0, 0.05) is 30.9 Å². The van der Waals surface area contributed by atoms with Crippen LogP contribution in [-0.2, 0) is 14.3 Å². The number of likely N-dealkylation sites (tertiary alicyclic amines) is 1. The molecule has 2 aromatic heterocycles. The summed E-state index contributed by atoms with van der Waals surface area (Å²) in [7, 11) is 0. The minimum atomic E-state index is -0.822. The van der Waals surface area contributed by atoms with Crippen molar-refractivity contribution in [2.45, 2.75) is 25.4 Å². The average molecular weight is 547 g/mol. The van der Waals surface area contributed by atoms with Crippen LogP contribution in [-0.4, -0.2) is 59.0 Å². The van der Waals surface area contributed by atoms with Gasteiger partial charge < -0.3 is 15.4 Å². The number of carbonyl (C=O) groups is 3. The van der Waals surface area contributed by atoms with E-state index in [9.17, 15) is 23.6 Å². The van der Waals surface area contributed by atoms with Crippen LogP contribution >= 0.6 is 22.9 Å². The number of anilines is 1. The molecule has 0 bridgehead atoms. The second-order valence-electron chi connectivity index (χ2n) is 8.32. The molecule has 0 saturated carbocycles. The number of amides is 2. The fraction of sp³-hybridized carbons (Fsp3) is 0.280. The standard InChI is InChI=1S/C25H24ClFN4O5S/c1-2-36-23(33)14-30-13-15(28-25(35)20-8-9-21(26)37-20)11-19(30)24(34)29-18-7-6-16(12-17(18)27)31-10-4-3-5-22(31)32/h3-10,12,15,19H,2,11,13-14H2,1H3,(H,28,35)(H,29,34)/t15?,19-/m0/s1. The third kappa shape index (κ3) is 6.43. The SMILES string of the molecule is CCOC(=O)CN1CC(NC(=O)c2ccc(Cl)s2)C[C@H]1C(=O)Nc1ccc(-n2ccccc2=O)cc1F. The van der Waals surface area contributed by atoms with Gasteiger partial charge in [-0.05, 0) is 43.7 Å². The van der Waals surface area contributed by atoms with E-state index in [1.807, 2.05) is 0 Å². The Hall–Kier alpha value is -3.54. The number of esters is 1.